The number of aromatic nitrogens is 5. The Morgan fingerprint density at radius 3 is 2.65 bits per heavy atom. The summed E-state index contributed by atoms with van der Waals surface area (Å²) in [5, 5.41) is 13.1. The van der Waals surface area contributed by atoms with Gasteiger partial charge in [0, 0.05) is 23.4 Å². The molecule has 0 aliphatic carbocycles. The third-order valence-electron chi connectivity index (χ3n) is 3.07. The Hall–Kier alpha value is -2.32. The zero-order valence-electron chi connectivity index (χ0n) is 12.4. The lowest BCUT2D eigenvalue weighted by molar-refractivity contribution is 0.322. The van der Waals surface area contributed by atoms with Crippen molar-refractivity contribution in [2.75, 3.05) is 30.0 Å². The van der Waals surface area contributed by atoms with E-state index in [1.807, 2.05) is 24.3 Å². The minimum Gasteiger partial charge on any atom is -0.396 e. The maximum absolute atomic E-state index is 8.81. The highest BCUT2D eigenvalue weighted by molar-refractivity contribution is 7.99. The van der Waals surface area contributed by atoms with E-state index in [9.17, 15) is 0 Å². The van der Waals surface area contributed by atoms with E-state index in [2.05, 4.69) is 30.2 Å². The van der Waals surface area contributed by atoms with Gasteiger partial charge in [0.25, 0.3) is 0 Å². The molecule has 2 aromatic heterocycles. The molecule has 0 radical (unpaired) electrons. The predicted octanol–water partition coefficient (Wildman–Crippen LogP) is 1.62. The lowest BCUT2D eigenvalue weighted by Gasteiger charge is -2.10. The van der Waals surface area contributed by atoms with Crippen LogP contribution in [0.4, 0.5) is 5.82 Å². The molecule has 0 unspecified atom stereocenters. The van der Waals surface area contributed by atoms with Crippen LogP contribution in [-0.4, -0.2) is 54.7 Å². The third-order valence-corrected chi connectivity index (χ3v) is 4.04. The van der Waals surface area contributed by atoms with E-state index >= 15 is 0 Å². The summed E-state index contributed by atoms with van der Waals surface area (Å²) in [5.74, 6) is 3.30. The van der Waals surface area contributed by atoms with Crippen LogP contribution in [0, 0.1) is 0 Å². The average Bonchev–Trinajstić information content (AvgIpc) is 2.62. The zero-order valence-corrected chi connectivity index (χ0v) is 13.2. The second-order valence-electron chi connectivity index (χ2n) is 4.64. The van der Waals surface area contributed by atoms with Crippen molar-refractivity contribution in [1.82, 2.24) is 24.9 Å². The number of nitrogens with zero attached hydrogens (tertiary/aromatic N) is 5. The molecule has 2 N–H and O–H groups in total. The fourth-order valence-corrected chi connectivity index (χ4v) is 2.65. The molecule has 0 amide bonds. The lowest BCUT2D eigenvalue weighted by Crippen LogP contribution is -2.09. The maximum atomic E-state index is 8.81. The molecule has 3 aromatic rings. The van der Waals surface area contributed by atoms with Crippen molar-refractivity contribution in [3.63, 3.8) is 0 Å². The Balaban J connectivity index is 1.88. The van der Waals surface area contributed by atoms with Crippen molar-refractivity contribution >= 4 is 28.5 Å². The van der Waals surface area contributed by atoms with Gasteiger partial charge in [-0.25, -0.2) is 24.9 Å². The van der Waals surface area contributed by atoms with Crippen LogP contribution in [0.5, 0.6) is 0 Å². The van der Waals surface area contributed by atoms with Gasteiger partial charge in [-0.2, -0.15) is 11.8 Å². The molecular formula is C15H16N6OS. The number of hydrogen-bond acceptors (Lipinski definition) is 8. The van der Waals surface area contributed by atoms with Gasteiger partial charge in [0.1, 0.15) is 18.5 Å². The minimum atomic E-state index is 0.199. The van der Waals surface area contributed by atoms with Gasteiger partial charge in [-0.05, 0) is 12.1 Å². The number of rotatable bonds is 7. The van der Waals surface area contributed by atoms with Crippen LogP contribution in [-0.2, 0) is 0 Å². The van der Waals surface area contributed by atoms with Gasteiger partial charge in [-0.1, -0.05) is 12.1 Å². The average molecular weight is 328 g/mol. The Labute approximate surface area is 137 Å². The van der Waals surface area contributed by atoms with Crippen molar-refractivity contribution in [3.05, 3.63) is 36.9 Å². The lowest BCUT2D eigenvalue weighted by atomic mass is 10.2. The molecular weight excluding hydrogens is 312 g/mol. The SMILES string of the molecule is OCCSCCNc1nc(-c2ncncn2)nc2ccccc12. The van der Waals surface area contributed by atoms with E-state index < -0.39 is 0 Å². The molecule has 0 spiro atoms. The Morgan fingerprint density at radius 1 is 1.00 bits per heavy atom. The van der Waals surface area contributed by atoms with Crippen LogP contribution in [0.2, 0.25) is 0 Å². The molecule has 7 nitrogen and oxygen atoms in total. The van der Waals surface area contributed by atoms with Gasteiger partial charge in [-0.15, -0.1) is 0 Å². The largest absolute Gasteiger partial charge is 0.396 e. The van der Waals surface area contributed by atoms with Gasteiger partial charge in [0.05, 0.1) is 12.1 Å². The Bertz CT molecular complexity index is 770. The molecule has 0 atom stereocenters. The van der Waals surface area contributed by atoms with Crippen molar-refractivity contribution in [3.8, 4) is 11.6 Å². The highest BCUT2D eigenvalue weighted by Crippen LogP contribution is 2.23. The van der Waals surface area contributed by atoms with Crippen LogP contribution in [0.3, 0.4) is 0 Å². The molecule has 8 heteroatoms. The summed E-state index contributed by atoms with van der Waals surface area (Å²) in [5.41, 5.74) is 0.837. The van der Waals surface area contributed by atoms with Crippen LogP contribution < -0.4 is 5.32 Å². The van der Waals surface area contributed by atoms with Crippen LogP contribution in [0.1, 0.15) is 0 Å². The first-order valence-corrected chi connectivity index (χ1v) is 8.35. The monoisotopic (exact) mass is 328 g/mol. The molecule has 0 fully saturated rings. The molecule has 0 saturated carbocycles. The second-order valence-corrected chi connectivity index (χ2v) is 5.86. The smallest absolute Gasteiger partial charge is 0.200 e. The van der Waals surface area contributed by atoms with Gasteiger partial charge < -0.3 is 10.4 Å². The van der Waals surface area contributed by atoms with Gasteiger partial charge in [-0.3, -0.25) is 0 Å². The van der Waals surface area contributed by atoms with Crippen LogP contribution >= 0.6 is 11.8 Å². The Morgan fingerprint density at radius 2 is 1.83 bits per heavy atom. The van der Waals surface area contributed by atoms with E-state index in [0.717, 1.165) is 34.8 Å². The van der Waals surface area contributed by atoms with Crippen molar-refractivity contribution in [2.45, 2.75) is 0 Å². The first-order chi connectivity index (χ1) is 11.4. The van der Waals surface area contributed by atoms with Gasteiger partial charge in [0.15, 0.2) is 5.82 Å². The summed E-state index contributed by atoms with van der Waals surface area (Å²) in [7, 11) is 0. The molecule has 0 bridgehead atoms. The Kier molecular flexibility index (Phi) is 5.28. The van der Waals surface area contributed by atoms with E-state index in [0.29, 0.717) is 11.6 Å². The number of nitrogens with one attached hydrogen (secondary N) is 1. The summed E-state index contributed by atoms with van der Waals surface area (Å²) in [4.78, 5) is 21.1. The summed E-state index contributed by atoms with van der Waals surface area (Å²) in [6.07, 6.45) is 2.86. The highest BCUT2D eigenvalue weighted by atomic mass is 32.2. The van der Waals surface area contributed by atoms with Crippen molar-refractivity contribution in [1.29, 1.82) is 0 Å². The molecule has 118 valence electrons. The maximum Gasteiger partial charge on any atom is 0.200 e. The third kappa shape index (κ3) is 3.91. The molecule has 2 heterocycles. The molecule has 1 aromatic carbocycles. The second kappa shape index (κ2) is 7.80. The summed E-state index contributed by atoms with van der Waals surface area (Å²) < 4.78 is 0. The molecule has 23 heavy (non-hydrogen) atoms. The number of thioether (sulfide) groups is 1. The summed E-state index contributed by atoms with van der Waals surface area (Å²) >= 11 is 1.69. The predicted molar refractivity (Wildman–Crippen MR) is 91.3 cm³/mol. The first-order valence-electron chi connectivity index (χ1n) is 7.20. The number of anilines is 1. The van der Waals surface area contributed by atoms with E-state index in [-0.39, 0.29) is 6.61 Å². The summed E-state index contributed by atoms with van der Waals surface area (Å²) in [6, 6.07) is 7.82. The normalized spacial score (nSPS) is 10.8. The quantitative estimate of drug-likeness (QED) is 0.632. The standard InChI is InChI=1S/C15H16N6OS/c22-6-8-23-7-5-17-13-11-3-1-2-4-12(11)20-15(21-13)14-18-9-16-10-19-14/h1-4,9-10,22H,5-8H2,(H,17,20,21). The number of fused-ring (bicyclic) bond motifs is 1. The molecule has 0 aliphatic heterocycles. The van der Waals surface area contributed by atoms with E-state index in [4.69, 9.17) is 5.11 Å². The van der Waals surface area contributed by atoms with Crippen molar-refractivity contribution < 1.29 is 5.11 Å². The number of aliphatic hydroxyl groups excluding tert-OH is 1. The topological polar surface area (TPSA) is 96.7 Å². The molecule has 3 rings (SSSR count). The fraction of sp³-hybridized carbons (Fsp3) is 0.267. The van der Waals surface area contributed by atoms with Crippen LogP contribution in [0.15, 0.2) is 36.9 Å². The van der Waals surface area contributed by atoms with Gasteiger partial charge >= 0.3 is 0 Å². The van der Waals surface area contributed by atoms with Gasteiger partial charge in [0.2, 0.25) is 5.82 Å². The zero-order chi connectivity index (χ0) is 15.9. The number of aliphatic hydroxyl groups is 1. The van der Waals surface area contributed by atoms with Crippen LogP contribution in [0.25, 0.3) is 22.6 Å². The first kappa shape index (κ1) is 15.6. The number of benzene rings is 1. The van der Waals surface area contributed by atoms with Crippen molar-refractivity contribution in [2.24, 2.45) is 0 Å². The van der Waals surface area contributed by atoms with E-state index in [1.165, 1.54) is 12.7 Å². The fourth-order valence-electron chi connectivity index (χ4n) is 2.07. The summed E-state index contributed by atoms with van der Waals surface area (Å²) in [6.45, 7) is 0.951. The minimum absolute atomic E-state index is 0.199. The highest BCUT2D eigenvalue weighted by Gasteiger charge is 2.10. The molecule has 0 saturated heterocycles. The number of hydrogen-bond donors (Lipinski definition) is 2. The molecule has 0 aliphatic rings. The van der Waals surface area contributed by atoms with E-state index in [1.54, 1.807) is 11.8 Å². The number of para-hydroxylation sites is 1.